The first-order valence-corrected chi connectivity index (χ1v) is 8.81. The Morgan fingerprint density at radius 1 is 1.38 bits per heavy atom. The zero-order valence-corrected chi connectivity index (χ0v) is 15.6. The molecule has 128 valence electrons. The fraction of sp³-hybridized carbons (Fsp3) is 0.312. The standard InChI is InChI=1S/C16H16BrNO5S/c1-3-6-18-15(20)13(24-16(18)21)8-10-4-5-12(11(17)7-10)23-9-14(19)22-2/h4-5,7-8H,3,6,9H2,1-2H3/b13-8+. The van der Waals surface area contributed by atoms with E-state index >= 15 is 0 Å². The molecule has 2 amide bonds. The number of hydrogen-bond acceptors (Lipinski definition) is 6. The molecule has 1 aromatic rings. The predicted octanol–water partition coefficient (Wildman–Crippen LogP) is 3.45. The van der Waals surface area contributed by atoms with Crippen molar-refractivity contribution < 1.29 is 23.9 Å². The molecule has 0 saturated carbocycles. The third kappa shape index (κ3) is 4.39. The van der Waals surface area contributed by atoms with E-state index in [1.54, 1.807) is 24.3 Å². The Bertz CT molecular complexity index is 704. The van der Waals surface area contributed by atoms with Gasteiger partial charge in [0.15, 0.2) is 6.61 Å². The molecule has 0 radical (unpaired) electrons. The molecule has 6 nitrogen and oxygen atoms in total. The maximum absolute atomic E-state index is 12.2. The Hall–Kier alpha value is -1.80. The fourth-order valence-electron chi connectivity index (χ4n) is 1.99. The quantitative estimate of drug-likeness (QED) is 0.525. The largest absolute Gasteiger partial charge is 0.481 e. The highest BCUT2D eigenvalue weighted by atomic mass is 79.9. The normalized spacial score (nSPS) is 16.0. The van der Waals surface area contributed by atoms with Gasteiger partial charge in [-0.2, -0.15) is 0 Å². The van der Waals surface area contributed by atoms with E-state index in [4.69, 9.17) is 4.74 Å². The first-order valence-electron chi connectivity index (χ1n) is 7.20. The van der Waals surface area contributed by atoms with Crippen molar-refractivity contribution in [2.24, 2.45) is 0 Å². The summed E-state index contributed by atoms with van der Waals surface area (Å²) in [4.78, 5) is 36.8. The van der Waals surface area contributed by atoms with Gasteiger partial charge < -0.3 is 9.47 Å². The topological polar surface area (TPSA) is 72.9 Å². The summed E-state index contributed by atoms with van der Waals surface area (Å²) >= 11 is 4.29. The Balaban J connectivity index is 2.13. The number of carbonyl (C=O) groups is 3. The first kappa shape index (κ1) is 18.5. The number of thioether (sulfide) groups is 1. The number of imide groups is 1. The SMILES string of the molecule is CCCN1C(=O)S/C(=C/c2ccc(OCC(=O)OC)c(Br)c2)C1=O. The monoisotopic (exact) mass is 413 g/mol. The molecule has 1 aliphatic rings. The van der Waals surface area contributed by atoms with Crippen molar-refractivity contribution in [1.82, 2.24) is 4.90 Å². The van der Waals surface area contributed by atoms with Gasteiger partial charge in [0.1, 0.15) is 5.75 Å². The van der Waals surface area contributed by atoms with Gasteiger partial charge in [-0.25, -0.2) is 4.79 Å². The van der Waals surface area contributed by atoms with E-state index in [0.717, 1.165) is 23.7 Å². The second-order valence-corrected chi connectivity index (χ2v) is 6.74. The van der Waals surface area contributed by atoms with Crippen LogP contribution in [0, 0.1) is 0 Å². The highest BCUT2D eigenvalue weighted by Crippen LogP contribution is 2.33. The van der Waals surface area contributed by atoms with Crippen molar-refractivity contribution >= 4 is 50.9 Å². The average Bonchev–Trinajstić information content (AvgIpc) is 2.81. The molecular weight excluding hydrogens is 398 g/mol. The average molecular weight is 414 g/mol. The lowest BCUT2D eigenvalue weighted by Gasteiger charge is -2.09. The summed E-state index contributed by atoms with van der Waals surface area (Å²) in [5.74, 6) is -0.263. The summed E-state index contributed by atoms with van der Waals surface area (Å²) in [5.41, 5.74) is 0.745. The van der Waals surface area contributed by atoms with Crippen LogP contribution in [0.5, 0.6) is 5.75 Å². The molecule has 0 N–H and O–H groups in total. The van der Waals surface area contributed by atoms with Crippen molar-refractivity contribution in [2.45, 2.75) is 13.3 Å². The van der Waals surface area contributed by atoms with Crippen LogP contribution < -0.4 is 4.74 Å². The van der Waals surface area contributed by atoms with E-state index in [1.165, 1.54) is 12.0 Å². The summed E-state index contributed by atoms with van der Waals surface area (Å²) < 4.78 is 10.5. The maximum atomic E-state index is 12.2. The van der Waals surface area contributed by atoms with E-state index in [9.17, 15) is 14.4 Å². The van der Waals surface area contributed by atoms with Crippen LogP contribution in [-0.2, 0) is 14.3 Å². The summed E-state index contributed by atoms with van der Waals surface area (Å²) in [5, 5.41) is -0.245. The molecule has 1 fully saturated rings. The zero-order valence-electron chi connectivity index (χ0n) is 13.2. The smallest absolute Gasteiger partial charge is 0.343 e. The molecule has 1 saturated heterocycles. The third-order valence-electron chi connectivity index (χ3n) is 3.15. The van der Waals surface area contributed by atoms with Crippen LogP contribution in [0.3, 0.4) is 0 Å². The number of halogens is 1. The Morgan fingerprint density at radius 2 is 2.12 bits per heavy atom. The van der Waals surface area contributed by atoms with Crippen LogP contribution in [-0.4, -0.2) is 42.3 Å². The van der Waals surface area contributed by atoms with Gasteiger partial charge in [0.2, 0.25) is 0 Å². The molecule has 0 bridgehead atoms. The highest BCUT2D eigenvalue weighted by molar-refractivity contribution is 9.10. The molecule has 2 rings (SSSR count). The minimum Gasteiger partial charge on any atom is -0.481 e. The molecular formula is C16H16BrNO5S. The van der Waals surface area contributed by atoms with Gasteiger partial charge in [0, 0.05) is 6.54 Å². The number of benzene rings is 1. The van der Waals surface area contributed by atoms with E-state index in [1.807, 2.05) is 6.92 Å². The number of ether oxygens (including phenoxy) is 2. The molecule has 0 aliphatic carbocycles. The van der Waals surface area contributed by atoms with Crippen molar-refractivity contribution in [3.63, 3.8) is 0 Å². The van der Waals surface area contributed by atoms with E-state index in [0.29, 0.717) is 21.7 Å². The Morgan fingerprint density at radius 3 is 2.75 bits per heavy atom. The predicted molar refractivity (Wildman–Crippen MR) is 94.6 cm³/mol. The maximum Gasteiger partial charge on any atom is 0.343 e. The molecule has 1 aromatic carbocycles. The van der Waals surface area contributed by atoms with Crippen LogP contribution in [0.15, 0.2) is 27.6 Å². The lowest BCUT2D eigenvalue weighted by molar-refractivity contribution is -0.142. The number of nitrogens with zero attached hydrogens (tertiary/aromatic N) is 1. The molecule has 1 aliphatic heterocycles. The van der Waals surface area contributed by atoms with Crippen molar-refractivity contribution in [1.29, 1.82) is 0 Å². The van der Waals surface area contributed by atoms with Gasteiger partial charge in [-0.15, -0.1) is 0 Å². The van der Waals surface area contributed by atoms with Crippen LogP contribution in [0.25, 0.3) is 6.08 Å². The second-order valence-electron chi connectivity index (χ2n) is 4.89. The fourth-order valence-corrected chi connectivity index (χ4v) is 3.36. The van der Waals surface area contributed by atoms with Gasteiger partial charge in [-0.3, -0.25) is 14.5 Å². The molecule has 1 heterocycles. The second kappa shape index (κ2) is 8.34. The molecule has 0 spiro atoms. The minimum atomic E-state index is -0.476. The van der Waals surface area contributed by atoms with Crippen LogP contribution in [0.4, 0.5) is 4.79 Å². The number of hydrogen-bond donors (Lipinski definition) is 0. The van der Waals surface area contributed by atoms with Crippen LogP contribution in [0.1, 0.15) is 18.9 Å². The van der Waals surface area contributed by atoms with Crippen LogP contribution >= 0.6 is 27.7 Å². The summed E-state index contributed by atoms with van der Waals surface area (Å²) in [6.45, 7) is 2.15. The highest BCUT2D eigenvalue weighted by Gasteiger charge is 2.34. The van der Waals surface area contributed by atoms with Gasteiger partial charge in [0.05, 0.1) is 16.5 Å². The molecule has 0 atom stereocenters. The van der Waals surface area contributed by atoms with E-state index in [2.05, 4.69) is 20.7 Å². The third-order valence-corrected chi connectivity index (χ3v) is 4.67. The van der Waals surface area contributed by atoms with Gasteiger partial charge in [-0.05, 0) is 57.9 Å². The number of amides is 2. The van der Waals surface area contributed by atoms with Crippen molar-refractivity contribution in [3.05, 3.63) is 33.1 Å². The first-order chi connectivity index (χ1) is 11.5. The number of esters is 1. The lowest BCUT2D eigenvalue weighted by atomic mass is 10.2. The lowest BCUT2D eigenvalue weighted by Crippen LogP contribution is -2.28. The van der Waals surface area contributed by atoms with Gasteiger partial charge in [-0.1, -0.05) is 13.0 Å². The van der Waals surface area contributed by atoms with E-state index < -0.39 is 5.97 Å². The van der Waals surface area contributed by atoms with Crippen LogP contribution in [0.2, 0.25) is 0 Å². The number of rotatable bonds is 6. The summed E-state index contributed by atoms with van der Waals surface area (Å²) in [6, 6.07) is 5.17. The summed E-state index contributed by atoms with van der Waals surface area (Å²) in [7, 11) is 1.29. The number of methoxy groups -OCH3 is 1. The molecule has 0 aromatic heterocycles. The number of carbonyl (C=O) groups excluding carboxylic acids is 3. The van der Waals surface area contributed by atoms with Crippen molar-refractivity contribution in [2.75, 3.05) is 20.3 Å². The minimum absolute atomic E-state index is 0.190. The Labute approximate surface area is 152 Å². The molecule has 0 unspecified atom stereocenters. The summed E-state index contributed by atoms with van der Waals surface area (Å²) in [6.07, 6.45) is 2.39. The van der Waals surface area contributed by atoms with Gasteiger partial charge in [0.25, 0.3) is 11.1 Å². The van der Waals surface area contributed by atoms with Gasteiger partial charge >= 0.3 is 5.97 Å². The van der Waals surface area contributed by atoms with Crippen molar-refractivity contribution in [3.8, 4) is 5.75 Å². The Kier molecular flexibility index (Phi) is 6.44. The van der Waals surface area contributed by atoms with E-state index in [-0.39, 0.29) is 17.8 Å². The molecule has 24 heavy (non-hydrogen) atoms. The molecule has 8 heteroatoms. The zero-order chi connectivity index (χ0) is 17.7.